The third-order valence-corrected chi connectivity index (χ3v) is 2.35. The van der Waals surface area contributed by atoms with Crippen molar-refractivity contribution in [3.05, 3.63) is 0 Å². The number of carboxylic acid groups (broad SMARTS) is 1. The van der Waals surface area contributed by atoms with Gasteiger partial charge in [-0.1, -0.05) is 0 Å². The number of hydrogen-bond donors (Lipinski definition) is 5. The molecule has 0 fully saturated rings. The first-order chi connectivity index (χ1) is 9.07. The van der Waals surface area contributed by atoms with Gasteiger partial charge >= 0.3 is 5.97 Å². The zero-order chi connectivity index (χ0) is 14.5. The first-order valence-electron chi connectivity index (χ1n) is 6.18. The molecule has 0 bridgehead atoms. The van der Waals surface area contributed by atoms with Crippen molar-refractivity contribution in [2.24, 2.45) is 5.73 Å². The highest BCUT2D eigenvalue weighted by Crippen LogP contribution is 1.96. The molecule has 6 N–H and O–H groups in total. The molecule has 0 aromatic heterocycles. The lowest BCUT2D eigenvalue weighted by molar-refractivity contribution is -0.139. The predicted molar refractivity (Wildman–Crippen MR) is 71.3 cm³/mol. The summed E-state index contributed by atoms with van der Waals surface area (Å²) in [5.74, 6) is -0.994. The molecule has 0 spiro atoms. The minimum absolute atomic E-state index is 0.105. The number of aliphatic carboxylic acids is 1. The molecule has 0 radical (unpaired) electrons. The Morgan fingerprint density at radius 2 is 2.11 bits per heavy atom. The van der Waals surface area contributed by atoms with E-state index in [4.69, 9.17) is 25.7 Å². The largest absolute Gasteiger partial charge is 0.480 e. The lowest BCUT2D eigenvalue weighted by atomic mass is 10.1. The number of rotatable bonds is 12. The molecule has 112 valence electrons. The molecule has 0 aliphatic heterocycles. The van der Waals surface area contributed by atoms with Crippen LogP contribution in [0.3, 0.4) is 0 Å². The maximum atomic E-state index is 11.0. The monoisotopic (exact) mass is 276 g/mol. The van der Waals surface area contributed by atoms with Crippen molar-refractivity contribution in [3.63, 3.8) is 0 Å². The Bertz CT molecular complexity index is 263. The van der Waals surface area contributed by atoms with Gasteiger partial charge in [0.2, 0.25) is 0 Å². The number of nitrogens with two attached hydrogens (primary N) is 1. The van der Waals surface area contributed by atoms with Gasteiger partial charge in [-0.2, -0.15) is 0 Å². The molecule has 1 unspecified atom stereocenters. The molecule has 0 heterocycles. The molecule has 8 nitrogen and oxygen atoms in total. The highest BCUT2D eigenvalue weighted by Gasteiger charge is 2.15. The average molecular weight is 276 g/mol. The van der Waals surface area contributed by atoms with Crippen LogP contribution in [0.5, 0.6) is 0 Å². The lowest BCUT2D eigenvalue weighted by Crippen LogP contribution is -2.39. The Hall–Kier alpha value is -1.38. The van der Waals surface area contributed by atoms with Gasteiger partial charge in [-0.25, -0.2) is 0 Å². The van der Waals surface area contributed by atoms with E-state index in [9.17, 15) is 4.79 Å². The molecule has 8 heteroatoms. The summed E-state index contributed by atoms with van der Waals surface area (Å²) in [6.45, 7) is 2.43. The van der Waals surface area contributed by atoms with E-state index >= 15 is 0 Å². The van der Waals surface area contributed by atoms with Crippen molar-refractivity contribution >= 4 is 11.9 Å². The van der Waals surface area contributed by atoms with E-state index in [1.807, 2.05) is 0 Å². The Morgan fingerprint density at radius 3 is 2.68 bits per heavy atom. The van der Waals surface area contributed by atoms with E-state index < -0.39 is 12.0 Å². The van der Waals surface area contributed by atoms with Crippen molar-refractivity contribution in [2.45, 2.75) is 18.9 Å². The second-order valence-corrected chi connectivity index (χ2v) is 3.93. The fourth-order valence-corrected chi connectivity index (χ4v) is 1.39. The average Bonchev–Trinajstić information content (AvgIpc) is 2.35. The van der Waals surface area contributed by atoms with Crippen LogP contribution in [0.2, 0.25) is 0 Å². The van der Waals surface area contributed by atoms with Crippen molar-refractivity contribution < 1.29 is 19.4 Å². The quantitative estimate of drug-likeness (QED) is 0.175. The lowest BCUT2D eigenvalue weighted by Gasteiger charge is -2.14. The van der Waals surface area contributed by atoms with E-state index in [0.717, 1.165) is 0 Å². The van der Waals surface area contributed by atoms with E-state index in [1.165, 1.54) is 0 Å². The number of methoxy groups -OCH3 is 1. The van der Waals surface area contributed by atoms with Crippen LogP contribution in [0, 0.1) is 5.41 Å². The molecule has 0 amide bonds. The summed E-state index contributed by atoms with van der Waals surface area (Å²) in [5.41, 5.74) is 5.12. The van der Waals surface area contributed by atoms with Gasteiger partial charge < -0.3 is 30.9 Å². The van der Waals surface area contributed by atoms with Crippen LogP contribution in [-0.4, -0.2) is 63.1 Å². The van der Waals surface area contributed by atoms with Crippen molar-refractivity contribution in [1.29, 1.82) is 5.41 Å². The minimum Gasteiger partial charge on any atom is -0.480 e. The van der Waals surface area contributed by atoms with E-state index in [-0.39, 0.29) is 5.96 Å². The molecule has 0 aromatic rings. The SMILES string of the molecule is COCCOCCNC(CCCNC(=N)N)C(=O)O. The van der Waals surface area contributed by atoms with Gasteiger partial charge in [-0.3, -0.25) is 10.2 Å². The minimum atomic E-state index is -0.889. The van der Waals surface area contributed by atoms with Crippen molar-refractivity contribution in [2.75, 3.05) is 40.0 Å². The Morgan fingerprint density at radius 1 is 1.37 bits per heavy atom. The number of carbonyl (C=O) groups is 1. The second kappa shape index (κ2) is 11.7. The summed E-state index contributed by atoms with van der Waals surface area (Å²) in [6, 6.07) is -0.611. The van der Waals surface area contributed by atoms with Crippen molar-refractivity contribution in [3.8, 4) is 0 Å². The van der Waals surface area contributed by atoms with Crippen LogP contribution < -0.4 is 16.4 Å². The fourth-order valence-electron chi connectivity index (χ4n) is 1.39. The second-order valence-electron chi connectivity index (χ2n) is 3.93. The molecule has 0 aliphatic carbocycles. The molecular weight excluding hydrogens is 252 g/mol. The molecule has 0 saturated heterocycles. The van der Waals surface area contributed by atoms with E-state index in [0.29, 0.717) is 45.8 Å². The van der Waals surface area contributed by atoms with Gasteiger partial charge in [0.05, 0.1) is 19.8 Å². The number of ether oxygens (including phenoxy) is 2. The van der Waals surface area contributed by atoms with Gasteiger partial charge in [-0.15, -0.1) is 0 Å². The summed E-state index contributed by atoms with van der Waals surface area (Å²) >= 11 is 0. The maximum Gasteiger partial charge on any atom is 0.320 e. The Kier molecular flexibility index (Phi) is 10.8. The summed E-state index contributed by atoms with van der Waals surface area (Å²) in [7, 11) is 1.59. The summed E-state index contributed by atoms with van der Waals surface area (Å²) in [6.07, 6.45) is 1.09. The van der Waals surface area contributed by atoms with Gasteiger partial charge in [-0.05, 0) is 12.8 Å². The molecule has 0 aliphatic rings. The highest BCUT2D eigenvalue weighted by molar-refractivity contribution is 5.74. The molecule has 0 rings (SSSR count). The molecular formula is C11H24N4O4. The maximum absolute atomic E-state index is 11.0. The van der Waals surface area contributed by atoms with Crippen molar-refractivity contribution in [1.82, 2.24) is 10.6 Å². The van der Waals surface area contributed by atoms with Gasteiger partial charge in [0.1, 0.15) is 6.04 Å². The van der Waals surface area contributed by atoms with Crippen LogP contribution in [0.4, 0.5) is 0 Å². The van der Waals surface area contributed by atoms with Crippen LogP contribution in [0.1, 0.15) is 12.8 Å². The van der Waals surface area contributed by atoms with E-state index in [2.05, 4.69) is 10.6 Å². The van der Waals surface area contributed by atoms with Crippen LogP contribution in [0.25, 0.3) is 0 Å². The molecule has 1 atom stereocenters. The topological polar surface area (TPSA) is 130 Å². The number of hydrogen-bond acceptors (Lipinski definition) is 5. The first kappa shape index (κ1) is 17.6. The van der Waals surface area contributed by atoms with Crippen LogP contribution >= 0.6 is 0 Å². The summed E-state index contributed by atoms with van der Waals surface area (Å²) < 4.78 is 10.0. The standard InChI is InChI=1S/C11H24N4O4/c1-18-7-8-19-6-5-14-9(10(16)17)3-2-4-15-11(12)13/h9,14H,2-8H2,1H3,(H,16,17)(H4,12,13,15). The Labute approximate surface area is 113 Å². The summed E-state index contributed by atoms with van der Waals surface area (Å²) in [4.78, 5) is 11.0. The third kappa shape index (κ3) is 11.4. The predicted octanol–water partition coefficient (Wildman–Crippen LogP) is -1.04. The molecule has 0 aromatic carbocycles. The highest BCUT2D eigenvalue weighted by atomic mass is 16.5. The Balaban J connectivity index is 3.63. The zero-order valence-electron chi connectivity index (χ0n) is 11.3. The smallest absolute Gasteiger partial charge is 0.320 e. The van der Waals surface area contributed by atoms with Crippen LogP contribution in [-0.2, 0) is 14.3 Å². The van der Waals surface area contributed by atoms with Gasteiger partial charge in [0, 0.05) is 20.2 Å². The normalized spacial score (nSPS) is 12.1. The zero-order valence-corrected chi connectivity index (χ0v) is 11.3. The third-order valence-electron chi connectivity index (χ3n) is 2.35. The van der Waals surface area contributed by atoms with Gasteiger partial charge in [0.15, 0.2) is 5.96 Å². The number of nitrogens with one attached hydrogen (secondary N) is 3. The molecule has 19 heavy (non-hydrogen) atoms. The first-order valence-corrected chi connectivity index (χ1v) is 6.18. The van der Waals surface area contributed by atoms with Gasteiger partial charge in [0.25, 0.3) is 0 Å². The fraction of sp³-hybridized carbons (Fsp3) is 0.818. The number of guanidine groups is 1. The number of carboxylic acids is 1. The van der Waals surface area contributed by atoms with Crippen LogP contribution in [0.15, 0.2) is 0 Å². The molecule has 0 saturated carbocycles. The summed E-state index contributed by atoms with van der Waals surface area (Å²) in [5, 5.41) is 21.5. The van der Waals surface area contributed by atoms with E-state index in [1.54, 1.807) is 7.11 Å².